The molecule has 0 aliphatic heterocycles. The van der Waals surface area contributed by atoms with Crippen molar-refractivity contribution in [3.63, 3.8) is 0 Å². The molecule has 0 aliphatic carbocycles. The summed E-state index contributed by atoms with van der Waals surface area (Å²) >= 11 is 0. The molecule has 0 spiro atoms. The number of nitrogens with zero attached hydrogens (tertiary/aromatic N) is 3. The average Bonchev–Trinajstić information content (AvgIpc) is 2.48. The van der Waals surface area contributed by atoms with Crippen molar-refractivity contribution < 1.29 is 0 Å². The number of unbranched alkanes of at least 4 members (excludes halogenated alkanes) is 1. The van der Waals surface area contributed by atoms with Gasteiger partial charge >= 0.3 is 5.69 Å². The highest BCUT2D eigenvalue weighted by molar-refractivity contribution is 5.60. The van der Waals surface area contributed by atoms with Gasteiger partial charge in [-0.2, -0.15) is 0 Å². The van der Waals surface area contributed by atoms with E-state index in [0.717, 1.165) is 30.5 Å². The molecule has 1 rings (SSSR count). The van der Waals surface area contributed by atoms with Crippen molar-refractivity contribution in [2.75, 3.05) is 37.7 Å². The predicted octanol–water partition coefficient (Wildman–Crippen LogP) is 0.293. The Morgan fingerprint density at radius 1 is 1.29 bits per heavy atom. The van der Waals surface area contributed by atoms with Gasteiger partial charge in [0.05, 0.1) is 0 Å². The third-order valence-corrected chi connectivity index (χ3v) is 3.65. The molecule has 1 aromatic heterocycles. The molecular formula is C14H27N5O2. The Balaban J connectivity index is 3.05. The zero-order valence-corrected chi connectivity index (χ0v) is 13.5. The second-order valence-corrected chi connectivity index (χ2v) is 5.23. The van der Waals surface area contributed by atoms with Crippen LogP contribution in [0.2, 0.25) is 0 Å². The van der Waals surface area contributed by atoms with E-state index in [9.17, 15) is 9.59 Å². The third-order valence-electron chi connectivity index (χ3n) is 3.65. The van der Waals surface area contributed by atoms with E-state index < -0.39 is 0 Å². The molecule has 1 heterocycles. The van der Waals surface area contributed by atoms with Crippen molar-refractivity contribution in [2.24, 2.45) is 7.05 Å². The lowest BCUT2D eigenvalue weighted by atomic mass is 10.3. The predicted molar refractivity (Wildman–Crippen MR) is 86.9 cm³/mol. The van der Waals surface area contributed by atoms with Crippen LogP contribution in [-0.4, -0.2) is 40.7 Å². The van der Waals surface area contributed by atoms with Gasteiger partial charge < -0.3 is 16.0 Å². The number of hydrogen-bond donors (Lipinski definition) is 2. The summed E-state index contributed by atoms with van der Waals surface area (Å²) in [4.78, 5) is 26.4. The molecule has 0 radical (unpaired) electrons. The Bertz CT molecular complexity index is 576. The van der Waals surface area contributed by atoms with Crippen LogP contribution in [0.5, 0.6) is 0 Å². The standard InChI is InChI=1S/C14H27N5O2/c1-5-7-9-19-12(15)11(13(20)18(4)14(19)21)16-8-10-17(3)6-2/h16H,5-10,15H2,1-4H3. The second-order valence-electron chi connectivity index (χ2n) is 5.23. The highest BCUT2D eigenvalue weighted by atomic mass is 16.2. The zero-order chi connectivity index (χ0) is 16.0. The van der Waals surface area contributed by atoms with E-state index in [4.69, 9.17) is 5.73 Å². The maximum atomic E-state index is 12.2. The maximum absolute atomic E-state index is 12.2. The van der Waals surface area contributed by atoms with Gasteiger partial charge in [-0.15, -0.1) is 0 Å². The first-order chi connectivity index (χ1) is 9.93. The molecule has 0 fully saturated rings. The van der Waals surface area contributed by atoms with E-state index in [1.165, 1.54) is 11.6 Å². The molecule has 0 aromatic carbocycles. The van der Waals surface area contributed by atoms with Crippen LogP contribution in [0.15, 0.2) is 9.59 Å². The molecule has 0 saturated carbocycles. The minimum Gasteiger partial charge on any atom is -0.383 e. The molecular weight excluding hydrogens is 270 g/mol. The topological polar surface area (TPSA) is 85.3 Å². The summed E-state index contributed by atoms with van der Waals surface area (Å²) in [6.45, 7) is 6.98. The number of rotatable bonds is 8. The molecule has 0 bridgehead atoms. The number of hydrogen-bond acceptors (Lipinski definition) is 5. The summed E-state index contributed by atoms with van der Waals surface area (Å²) in [5, 5.41) is 3.07. The van der Waals surface area contributed by atoms with E-state index in [1.54, 1.807) is 0 Å². The molecule has 0 aliphatic rings. The van der Waals surface area contributed by atoms with Crippen LogP contribution < -0.4 is 22.3 Å². The monoisotopic (exact) mass is 297 g/mol. The van der Waals surface area contributed by atoms with E-state index in [2.05, 4.69) is 17.1 Å². The van der Waals surface area contributed by atoms with Gasteiger partial charge in [0.15, 0.2) is 0 Å². The molecule has 1 aromatic rings. The minimum absolute atomic E-state index is 0.232. The molecule has 0 saturated heterocycles. The van der Waals surface area contributed by atoms with Gasteiger partial charge in [-0.05, 0) is 20.0 Å². The lowest BCUT2D eigenvalue weighted by molar-refractivity contribution is 0.367. The van der Waals surface area contributed by atoms with E-state index in [1.807, 2.05) is 14.0 Å². The number of likely N-dealkylation sites (N-methyl/N-ethyl adjacent to an activating group) is 1. The Hall–Kier alpha value is -1.76. The van der Waals surface area contributed by atoms with E-state index >= 15 is 0 Å². The smallest absolute Gasteiger partial charge is 0.332 e. The van der Waals surface area contributed by atoms with Gasteiger partial charge in [0.2, 0.25) is 0 Å². The van der Waals surface area contributed by atoms with Crippen LogP contribution in [0, 0.1) is 0 Å². The van der Waals surface area contributed by atoms with Gasteiger partial charge in [0, 0.05) is 26.7 Å². The largest absolute Gasteiger partial charge is 0.383 e. The summed E-state index contributed by atoms with van der Waals surface area (Å²) in [7, 11) is 3.49. The summed E-state index contributed by atoms with van der Waals surface area (Å²) in [6.07, 6.45) is 1.80. The maximum Gasteiger partial charge on any atom is 0.332 e. The third kappa shape index (κ3) is 4.10. The van der Waals surface area contributed by atoms with Gasteiger partial charge in [0.25, 0.3) is 5.56 Å². The molecule has 0 amide bonds. The van der Waals surface area contributed by atoms with Crippen LogP contribution in [0.25, 0.3) is 0 Å². The molecule has 0 atom stereocenters. The summed E-state index contributed by atoms with van der Waals surface area (Å²) < 4.78 is 2.58. The Morgan fingerprint density at radius 2 is 1.95 bits per heavy atom. The zero-order valence-electron chi connectivity index (χ0n) is 13.5. The molecule has 120 valence electrons. The number of nitrogen functional groups attached to an aromatic ring is 1. The molecule has 7 nitrogen and oxygen atoms in total. The van der Waals surface area contributed by atoms with Crippen molar-refractivity contribution in [3.05, 3.63) is 20.8 Å². The molecule has 3 N–H and O–H groups in total. The second kappa shape index (κ2) is 7.87. The quantitative estimate of drug-likeness (QED) is 0.720. The number of nitrogens with one attached hydrogen (secondary N) is 1. The SMILES string of the molecule is CCCCn1c(N)c(NCCN(C)CC)c(=O)n(C)c1=O. The number of anilines is 2. The average molecular weight is 297 g/mol. The number of aromatic nitrogens is 2. The van der Waals surface area contributed by atoms with E-state index in [0.29, 0.717) is 18.8 Å². The van der Waals surface area contributed by atoms with Gasteiger partial charge in [0.1, 0.15) is 11.5 Å². The van der Waals surface area contributed by atoms with Crippen LogP contribution in [0.4, 0.5) is 11.5 Å². The van der Waals surface area contributed by atoms with Gasteiger partial charge in [-0.25, -0.2) is 4.79 Å². The highest BCUT2D eigenvalue weighted by Crippen LogP contribution is 2.11. The summed E-state index contributed by atoms with van der Waals surface area (Å²) in [6, 6.07) is 0. The van der Waals surface area contributed by atoms with Crippen LogP contribution in [0.1, 0.15) is 26.7 Å². The normalized spacial score (nSPS) is 11.1. The minimum atomic E-state index is -0.371. The van der Waals surface area contributed by atoms with Gasteiger partial charge in [-0.1, -0.05) is 20.3 Å². The lowest BCUT2D eigenvalue weighted by Gasteiger charge is -2.18. The van der Waals surface area contributed by atoms with E-state index in [-0.39, 0.29) is 17.1 Å². The van der Waals surface area contributed by atoms with Crippen molar-refractivity contribution in [3.8, 4) is 0 Å². The highest BCUT2D eigenvalue weighted by Gasteiger charge is 2.14. The Kier molecular flexibility index (Phi) is 6.48. The first-order valence-corrected chi connectivity index (χ1v) is 7.45. The van der Waals surface area contributed by atoms with Crippen molar-refractivity contribution in [2.45, 2.75) is 33.2 Å². The van der Waals surface area contributed by atoms with Crippen molar-refractivity contribution in [1.82, 2.24) is 14.0 Å². The molecule has 21 heavy (non-hydrogen) atoms. The molecule has 0 unspecified atom stereocenters. The van der Waals surface area contributed by atoms with Crippen LogP contribution in [0.3, 0.4) is 0 Å². The Labute approximate surface area is 125 Å². The van der Waals surface area contributed by atoms with Crippen molar-refractivity contribution in [1.29, 1.82) is 0 Å². The fourth-order valence-electron chi connectivity index (χ4n) is 2.01. The summed E-state index contributed by atoms with van der Waals surface area (Å²) in [5.74, 6) is 0.232. The lowest BCUT2D eigenvalue weighted by Crippen LogP contribution is -2.41. The first-order valence-electron chi connectivity index (χ1n) is 7.45. The van der Waals surface area contributed by atoms with Crippen molar-refractivity contribution >= 4 is 11.5 Å². The first kappa shape index (κ1) is 17.3. The van der Waals surface area contributed by atoms with Crippen LogP contribution in [-0.2, 0) is 13.6 Å². The fourth-order valence-corrected chi connectivity index (χ4v) is 2.01. The summed E-state index contributed by atoms with van der Waals surface area (Å²) in [5.41, 5.74) is 5.60. The molecule has 7 heteroatoms. The Morgan fingerprint density at radius 3 is 2.52 bits per heavy atom. The van der Waals surface area contributed by atoms with Gasteiger partial charge in [-0.3, -0.25) is 13.9 Å². The fraction of sp³-hybridized carbons (Fsp3) is 0.714. The number of nitrogens with two attached hydrogens (primary N) is 1. The van der Waals surface area contributed by atoms with Crippen LogP contribution >= 0.6 is 0 Å².